The summed E-state index contributed by atoms with van der Waals surface area (Å²) in [4.78, 5) is 43.3. The normalized spacial score (nSPS) is 25.2. The van der Waals surface area contributed by atoms with Crippen molar-refractivity contribution in [2.45, 2.75) is 56.9 Å². The van der Waals surface area contributed by atoms with Crippen LogP contribution in [0.4, 0.5) is 5.82 Å². The van der Waals surface area contributed by atoms with Crippen LogP contribution in [0.5, 0.6) is 0 Å². The highest BCUT2D eigenvalue weighted by molar-refractivity contribution is 7.53. The number of esters is 1. The van der Waals surface area contributed by atoms with Crippen LogP contribution < -0.4 is 5.73 Å². The number of halogens is 1. The second-order valence-corrected chi connectivity index (χ2v) is 10.5. The summed E-state index contributed by atoms with van der Waals surface area (Å²) >= 11 is 5.86. The van der Waals surface area contributed by atoms with Crippen molar-refractivity contribution >= 4 is 42.1 Å². The second kappa shape index (κ2) is 8.82. The van der Waals surface area contributed by atoms with Crippen molar-refractivity contribution in [3.8, 4) is 0 Å². The van der Waals surface area contributed by atoms with E-state index in [1.54, 1.807) is 20.8 Å². The van der Waals surface area contributed by atoms with Gasteiger partial charge in [-0.3, -0.25) is 4.57 Å². The van der Waals surface area contributed by atoms with E-state index in [1.807, 2.05) is 0 Å². The smallest absolute Gasteiger partial charge is 0.365 e. The van der Waals surface area contributed by atoms with Gasteiger partial charge in [0, 0.05) is 5.92 Å². The Kier molecular flexibility index (Phi) is 6.83. The van der Waals surface area contributed by atoms with Gasteiger partial charge >= 0.3 is 13.6 Å². The number of hydrogen-bond donors (Lipinski definition) is 5. The third kappa shape index (κ3) is 5.20. The molecule has 5 unspecified atom stereocenters. The van der Waals surface area contributed by atoms with E-state index in [2.05, 4.69) is 15.0 Å². The lowest BCUT2D eigenvalue weighted by molar-refractivity contribution is -0.165. The Morgan fingerprint density at radius 3 is 2.59 bits per heavy atom. The minimum atomic E-state index is -5.02. The maximum Gasteiger partial charge on any atom is 0.365 e. The number of carbonyl (C=O) groups is 1. The molecule has 3 rings (SSSR count). The molecule has 0 aromatic carbocycles. The van der Waals surface area contributed by atoms with Crippen molar-refractivity contribution in [2.75, 3.05) is 12.3 Å². The number of imidazole rings is 1. The SMILES string of the molecule is CC(C)(C)OC(=O)C(OCC1CC(n2cnc3c(N)nc(Cl)nc32)C(O)C1O)P(=O)(O)O. The summed E-state index contributed by atoms with van der Waals surface area (Å²) in [6, 6.07) is -0.719. The zero-order valence-corrected chi connectivity index (χ0v) is 19.1. The summed E-state index contributed by atoms with van der Waals surface area (Å²) in [7, 11) is -5.02. The first-order valence-electron chi connectivity index (χ1n) is 9.60. The summed E-state index contributed by atoms with van der Waals surface area (Å²) in [5.41, 5.74) is 5.32. The molecule has 2 aromatic heterocycles. The number of aliphatic hydroxyl groups excluding tert-OH is 2. The molecular formula is C17H25ClN5O8P. The van der Waals surface area contributed by atoms with Crippen LogP contribution in [0.15, 0.2) is 6.33 Å². The summed E-state index contributed by atoms with van der Waals surface area (Å²) in [6.45, 7) is 4.21. The number of nitrogen functional groups attached to an aromatic ring is 1. The van der Waals surface area contributed by atoms with E-state index in [0.717, 1.165) is 0 Å². The molecule has 1 saturated carbocycles. The van der Waals surface area contributed by atoms with Gasteiger partial charge < -0.3 is 39.8 Å². The van der Waals surface area contributed by atoms with Gasteiger partial charge in [-0.05, 0) is 38.8 Å². The van der Waals surface area contributed by atoms with Gasteiger partial charge in [0.25, 0.3) is 5.85 Å². The lowest BCUT2D eigenvalue weighted by Gasteiger charge is -2.25. The average Bonchev–Trinajstić information content (AvgIpc) is 3.15. The quantitative estimate of drug-likeness (QED) is 0.208. The van der Waals surface area contributed by atoms with E-state index in [-0.39, 0.29) is 28.7 Å². The van der Waals surface area contributed by atoms with Crippen LogP contribution in [0.25, 0.3) is 11.2 Å². The van der Waals surface area contributed by atoms with Gasteiger partial charge in [0.15, 0.2) is 11.5 Å². The predicted octanol–water partition coefficient (Wildman–Crippen LogP) is 0.207. The fourth-order valence-corrected chi connectivity index (χ4v) is 4.34. The first kappa shape index (κ1) is 24.8. The van der Waals surface area contributed by atoms with Crippen molar-refractivity contribution in [1.82, 2.24) is 19.5 Å². The molecular weight excluding hydrogens is 469 g/mol. The number of carbonyl (C=O) groups excluding carboxylic acids is 1. The predicted molar refractivity (Wildman–Crippen MR) is 112 cm³/mol. The first-order valence-corrected chi connectivity index (χ1v) is 11.7. The second-order valence-electron chi connectivity index (χ2n) is 8.55. The molecule has 2 aromatic rings. The maximum atomic E-state index is 12.2. The summed E-state index contributed by atoms with van der Waals surface area (Å²) in [5.74, 6) is -4.10. The van der Waals surface area contributed by atoms with E-state index in [4.69, 9.17) is 26.8 Å². The number of aliphatic hydroxyl groups is 2. The van der Waals surface area contributed by atoms with Crippen LogP contribution in [0.1, 0.15) is 33.2 Å². The van der Waals surface area contributed by atoms with Crippen LogP contribution in [0, 0.1) is 5.92 Å². The lowest BCUT2D eigenvalue weighted by atomic mass is 10.1. The molecule has 6 N–H and O–H groups in total. The summed E-state index contributed by atoms with van der Waals surface area (Å²) in [6.07, 6.45) is -1.11. The van der Waals surface area contributed by atoms with Crippen molar-refractivity contribution in [3.63, 3.8) is 0 Å². The molecule has 1 fully saturated rings. The van der Waals surface area contributed by atoms with Crippen molar-refractivity contribution in [2.24, 2.45) is 5.92 Å². The average molecular weight is 494 g/mol. The van der Waals surface area contributed by atoms with E-state index >= 15 is 0 Å². The van der Waals surface area contributed by atoms with Crippen molar-refractivity contribution < 1.29 is 38.8 Å². The molecule has 0 saturated heterocycles. The minimum absolute atomic E-state index is 0.0496. The third-order valence-corrected chi connectivity index (χ3v) is 6.07. The van der Waals surface area contributed by atoms with Gasteiger partial charge in [-0.1, -0.05) is 0 Å². The van der Waals surface area contributed by atoms with Crippen LogP contribution in [0.3, 0.4) is 0 Å². The first-order chi connectivity index (χ1) is 14.7. The third-order valence-electron chi connectivity index (χ3n) is 4.93. The highest BCUT2D eigenvalue weighted by Gasteiger charge is 2.46. The molecule has 0 radical (unpaired) electrons. The van der Waals surface area contributed by atoms with Gasteiger partial charge in [0.1, 0.15) is 17.2 Å². The van der Waals surface area contributed by atoms with E-state index in [9.17, 15) is 29.4 Å². The fraction of sp³-hybridized carbons (Fsp3) is 0.647. The van der Waals surface area contributed by atoms with E-state index < -0.39 is 55.8 Å². The Labute approximate surface area is 187 Å². The molecule has 178 valence electrons. The molecule has 2 heterocycles. The number of aromatic nitrogens is 4. The summed E-state index contributed by atoms with van der Waals surface area (Å²) < 4.78 is 23.5. The molecule has 0 spiro atoms. The molecule has 1 aliphatic rings. The standard InChI is InChI=1S/C17H25ClN5O8P/c1-17(2,3)31-14(26)15(32(27,28)29)30-5-7-4-8(11(25)10(7)24)23-6-20-9-12(19)21-16(18)22-13(9)23/h6-8,10-11,15,24-25H,4-5H2,1-3H3,(H2,19,21,22)(H2,27,28,29). The number of ether oxygens (including phenoxy) is 2. The molecule has 1 aliphatic carbocycles. The molecule has 0 amide bonds. The highest BCUT2D eigenvalue weighted by atomic mass is 35.5. The number of rotatable bonds is 6. The Bertz CT molecular complexity index is 1050. The molecule has 32 heavy (non-hydrogen) atoms. The van der Waals surface area contributed by atoms with Gasteiger partial charge in [-0.25, -0.2) is 9.78 Å². The van der Waals surface area contributed by atoms with Crippen LogP contribution in [0.2, 0.25) is 5.28 Å². The minimum Gasteiger partial charge on any atom is -0.458 e. The monoisotopic (exact) mass is 493 g/mol. The fourth-order valence-electron chi connectivity index (χ4n) is 3.56. The van der Waals surface area contributed by atoms with Crippen molar-refractivity contribution in [3.05, 3.63) is 11.6 Å². The molecule has 15 heteroatoms. The number of nitrogens with two attached hydrogens (primary N) is 1. The van der Waals surface area contributed by atoms with Gasteiger partial charge in [0.2, 0.25) is 5.28 Å². The Balaban J connectivity index is 1.78. The van der Waals surface area contributed by atoms with E-state index in [1.165, 1.54) is 10.9 Å². The van der Waals surface area contributed by atoms with Crippen LogP contribution >= 0.6 is 19.2 Å². The van der Waals surface area contributed by atoms with Crippen LogP contribution in [-0.2, 0) is 18.8 Å². The van der Waals surface area contributed by atoms with Gasteiger partial charge in [0.05, 0.1) is 25.1 Å². The molecule has 5 atom stereocenters. The molecule has 0 aliphatic heterocycles. The largest absolute Gasteiger partial charge is 0.458 e. The molecule has 0 bridgehead atoms. The van der Waals surface area contributed by atoms with Gasteiger partial charge in [-0.2, -0.15) is 9.97 Å². The number of anilines is 1. The Morgan fingerprint density at radius 2 is 2.00 bits per heavy atom. The Hall–Kier alpha value is -1.86. The van der Waals surface area contributed by atoms with E-state index in [0.29, 0.717) is 0 Å². The number of nitrogens with zero attached hydrogens (tertiary/aromatic N) is 4. The molecule has 13 nitrogen and oxygen atoms in total. The Morgan fingerprint density at radius 1 is 1.34 bits per heavy atom. The zero-order valence-electron chi connectivity index (χ0n) is 17.5. The number of hydrogen-bond acceptors (Lipinski definition) is 10. The van der Waals surface area contributed by atoms with Crippen LogP contribution in [-0.4, -0.2) is 75.7 Å². The lowest BCUT2D eigenvalue weighted by Crippen LogP contribution is -2.36. The summed E-state index contributed by atoms with van der Waals surface area (Å²) in [5, 5.41) is 21.0. The topological polar surface area (TPSA) is 203 Å². The van der Waals surface area contributed by atoms with Gasteiger partial charge in [-0.15, -0.1) is 0 Å². The maximum absolute atomic E-state index is 12.2. The highest BCUT2D eigenvalue weighted by Crippen LogP contribution is 2.44. The number of fused-ring (bicyclic) bond motifs is 1. The zero-order chi connectivity index (χ0) is 24.0. The van der Waals surface area contributed by atoms with Crippen molar-refractivity contribution in [1.29, 1.82) is 0 Å².